The van der Waals surface area contributed by atoms with Gasteiger partial charge in [0.15, 0.2) is 11.5 Å². The maximum absolute atomic E-state index is 12.2. The summed E-state index contributed by atoms with van der Waals surface area (Å²) >= 11 is 1.33. The second-order valence-electron chi connectivity index (χ2n) is 8.49. The predicted octanol–water partition coefficient (Wildman–Crippen LogP) is 3.89. The lowest BCUT2D eigenvalue weighted by Crippen LogP contribution is -2.26. The van der Waals surface area contributed by atoms with Crippen LogP contribution >= 0.6 is 11.3 Å². The van der Waals surface area contributed by atoms with Gasteiger partial charge < -0.3 is 26.1 Å². The lowest BCUT2D eigenvalue weighted by atomic mass is 10.2. The van der Waals surface area contributed by atoms with Crippen LogP contribution in [-0.2, 0) is 17.8 Å². The van der Waals surface area contributed by atoms with Crippen molar-refractivity contribution in [2.24, 2.45) is 5.10 Å². The summed E-state index contributed by atoms with van der Waals surface area (Å²) in [5.74, 6) is 0.360. The Morgan fingerprint density at radius 2 is 2.03 bits per heavy atom. The van der Waals surface area contributed by atoms with Crippen molar-refractivity contribution in [3.63, 3.8) is 0 Å². The van der Waals surface area contributed by atoms with Gasteiger partial charge in [-0.3, -0.25) is 9.20 Å². The van der Waals surface area contributed by atoms with Crippen molar-refractivity contribution in [2.45, 2.75) is 20.0 Å². The van der Waals surface area contributed by atoms with E-state index in [1.165, 1.54) is 11.3 Å². The number of fused-ring (bicyclic) bond motifs is 1. The molecule has 0 radical (unpaired) electrons. The standard InChI is InChI=1S/C27H30N8O3S/c1-17-12-22(39-23(17)26(36)28-3)34-24-25-31-14-21(18(2)13-32-29-4)35(25)15-20(33-24)10-11-30-27(37)38-16-19-8-6-5-7-9-19/h5-9,12-15,29H,2,10-11,16H2,1,3-4H3,(H,28,36)(H,30,37)(H,33,34)/b32-13-. The fraction of sp³-hybridized carbons (Fsp3) is 0.222. The van der Waals surface area contributed by atoms with Gasteiger partial charge in [-0.1, -0.05) is 36.9 Å². The third-order valence-corrected chi connectivity index (χ3v) is 6.83. The van der Waals surface area contributed by atoms with Gasteiger partial charge in [0.1, 0.15) is 6.61 Å². The SMILES string of the molecule is C=C(/C=N\NC)c1cnc2c(Nc3cc(C)c(C(=O)NC)s3)nc(CCNC(=O)OCc3ccccc3)cn12. The molecule has 0 unspecified atom stereocenters. The zero-order valence-corrected chi connectivity index (χ0v) is 22.8. The van der Waals surface area contributed by atoms with Crippen LogP contribution in [0.3, 0.4) is 0 Å². The number of amides is 2. The van der Waals surface area contributed by atoms with E-state index in [1.807, 2.05) is 53.9 Å². The Labute approximate surface area is 230 Å². The van der Waals surface area contributed by atoms with Crippen LogP contribution in [0.1, 0.15) is 32.2 Å². The Bertz CT molecular complexity index is 1510. The molecule has 0 aliphatic rings. The first-order chi connectivity index (χ1) is 18.9. The molecule has 0 aliphatic heterocycles. The summed E-state index contributed by atoms with van der Waals surface area (Å²) in [6.07, 6.45) is 5.10. The number of rotatable bonds is 11. The molecule has 3 heterocycles. The van der Waals surface area contributed by atoms with E-state index >= 15 is 0 Å². The van der Waals surface area contributed by atoms with Crippen molar-refractivity contribution in [2.75, 3.05) is 26.0 Å². The van der Waals surface area contributed by atoms with Crippen LogP contribution in [0, 0.1) is 6.92 Å². The molecular weight excluding hydrogens is 516 g/mol. The number of ether oxygens (including phenoxy) is 1. The van der Waals surface area contributed by atoms with E-state index in [-0.39, 0.29) is 12.5 Å². The third kappa shape index (κ3) is 6.79. The molecule has 202 valence electrons. The van der Waals surface area contributed by atoms with Crippen LogP contribution in [-0.4, -0.2) is 53.2 Å². The number of hydrazone groups is 1. The molecule has 0 fully saturated rings. The molecule has 4 N–H and O–H groups in total. The second-order valence-corrected chi connectivity index (χ2v) is 9.54. The monoisotopic (exact) mass is 546 g/mol. The van der Waals surface area contributed by atoms with E-state index in [0.717, 1.165) is 21.8 Å². The first-order valence-electron chi connectivity index (χ1n) is 12.2. The maximum atomic E-state index is 12.2. The highest BCUT2D eigenvalue weighted by atomic mass is 32.1. The Kier molecular flexibility index (Phi) is 8.90. The minimum absolute atomic E-state index is 0.147. The number of allylic oxidation sites excluding steroid dienone is 1. The third-order valence-electron chi connectivity index (χ3n) is 5.68. The van der Waals surface area contributed by atoms with Gasteiger partial charge in [-0.05, 0) is 24.1 Å². The van der Waals surface area contributed by atoms with Crippen LogP contribution in [0.15, 0.2) is 60.5 Å². The first kappa shape index (κ1) is 27.3. The van der Waals surface area contributed by atoms with Gasteiger partial charge >= 0.3 is 6.09 Å². The van der Waals surface area contributed by atoms with Gasteiger partial charge in [-0.15, -0.1) is 11.3 Å². The first-order valence-corrected chi connectivity index (χ1v) is 13.0. The van der Waals surface area contributed by atoms with Crippen LogP contribution in [0.2, 0.25) is 0 Å². The molecule has 2 amide bonds. The highest BCUT2D eigenvalue weighted by molar-refractivity contribution is 7.18. The number of benzene rings is 1. The maximum Gasteiger partial charge on any atom is 0.407 e. The molecule has 0 aliphatic carbocycles. The quantitative estimate of drug-likeness (QED) is 0.166. The number of hydrogen-bond acceptors (Lipinski definition) is 9. The molecule has 0 atom stereocenters. The molecule has 4 aromatic rings. The molecule has 4 rings (SSSR count). The molecule has 12 heteroatoms. The summed E-state index contributed by atoms with van der Waals surface area (Å²) in [6, 6.07) is 11.4. The van der Waals surface area contributed by atoms with E-state index in [2.05, 4.69) is 38.0 Å². The topological polar surface area (TPSA) is 134 Å². The minimum atomic E-state index is -0.506. The lowest BCUT2D eigenvalue weighted by molar-refractivity contribution is 0.0966. The summed E-state index contributed by atoms with van der Waals surface area (Å²) < 4.78 is 7.17. The molecule has 0 saturated carbocycles. The van der Waals surface area contributed by atoms with Crippen LogP contribution < -0.4 is 21.4 Å². The number of carbonyl (C=O) groups is 2. The van der Waals surface area contributed by atoms with Crippen molar-refractivity contribution in [3.8, 4) is 0 Å². The second kappa shape index (κ2) is 12.7. The van der Waals surface area contributed by atoms with Gasteiger partial charge in [0.2, 0.25) is 0 Å². The van der Waals surface area contributed by atoms with Crippen LogP contribution in [0.4, 0.5) is 15.6 Å². The van der Waals surface area contributed by atoms with Crippen molar-refractivity contribution < 1.29 is 14.3 Å². The fourth-order valence-electron chi connectivity index (χ4n) is 3.75. The van der Waals surface area contributed by atoms with Crippen molar-refractivity contribution in [3.05, 3.63) is 82.8 Å². The minimum Gasteiger partial charge on any atom is -0.445 e. The molecular formula is C27H30N8O3S. The van der Waals surface area contributed by atoms with E-state index in [9.17, 15) is 9.59 Å². The van der Waals surface area contributed by atoms with Gasteiger partial charge in [-0.25, -0.2) is 14.8 Å². The number of nitrogens with zero attached hydrogens (tertiary/aromatic N) is 4. The van der Waals surface area contributed by atoms with Crippen molar-refractivity contribution >= 4 is 51.6 Å². The molecule has 1 aromatic carbocycles. The Balaban J connectivity index is 1.55. The number of carbonyl (C=O) groups excluding carboxylic acids is 2. The molecule has 11 nitrogen and oxygen atoms in total. The number of aryl methyl sites for hydroxylation is 1. The average Bonchev–Trinajstić information content (AvgIpc) is 3.54. The predicted molar refractivity (Wildman–Crippen MR) is 154 cm³/mol. The smallest absolute Gasteiger partial charge is 0.407 e. The Hall–Kier alpha value is -4.71. The van der Waals surface area contributed by atoms with Gasteiger partial charge in [0.05, 0.1) is 33.7 Å². The average molecular weight is 547 g/mol. The number of aromatic nitrogens is 3. The molecule has 0 bridgehead atoms. The Morgan fingerprint density at radius 1 is 1.23 bits per heavy atom. The molecule has 0 saturated heterocycles. The van der Waals surface area contributed by atoms with E-state index in [4.69, 9.17) is 9.72 Å². The fourth-order valence-corrected chi connectivity index (χ4v) is 4.77. The number of thiophene rings is 1. The molecule has 39 heavy (non-hydrogen) atoms. The van der Waals surface area contributed by atoms with Crippen LogP contribution in [0.25, 0.3) is 11.2 Å². The van der Waals surface area contributed by atoms with Crippen molar-refractivity contribution in [1.82, 2.24) is 30.4 Å². The zero-order valence-electron chi connectivity index (χ0n) is 21.9. The van der Waals surface area contributed by atoms with Gasteiger partial charge in [-0.2, -0.15) is 5.10 Å². The number of hydrogen-bond donors (Lipinski definition) is 4. The van der Waals surface area contributed by atoms with Gasteiger partial charge in [0, 0.05) is 38.8 Å². The normalized spacial score (nSPS) is 10.9. The highest BCUT2D eigenvalue weighted by Crippen LogP contribution is 2.30. The lowest BCUT2D eigenvalue weighted by Gasteiger charge is -2.11. The number of alkyl carbamates (subject to hydrolysis) is 1. The molecule has 0 spiro atoms. The van der Waals surface area contributed by atoms with E-state index < -0.39 is 6.09 Å². The van der Waals surface area contributed by atoms with E-state index in [0.29, 0.717) is 40.6 Å². The summed E-state index contributed by atoms with van der Waals surface area (Å²) in [6.45, 7) is 6.49. The number of imidazole rings is 1. The largest absolute Gasteiger partial charge is 0.445 e. The highest BCUT2D eigenvalue weighted by Gasteiger charge is 2.17. The summed E-state index contributed by atoms with van der Waals surface area (Å²) in [5.41, 5.74) is 7.14. The summed E-state index contributed by atoms with van der Waals surface area (Å²) in [5, 5.41) is 13.5. The summed E-state index contributed by atoms with van der Waals surface area (Å²) in [7, 11) is 3.31. The zero-order chi connectivity index (χ0) is 27.8. The number of nitrogens with one attached hydrogen (secondary N) is 4. The van der Waals surface area contributed by atoms with Gasteiger partial charge in [0.25, 0.3) is 5.91 Å². The van der Waals surface area contributed by atoms with Crippen LogP contribution in [0.5, 0.6) is 0 Å². The Morgan fingerprint density at radius 3 is 2.77 bits per heavy atom. The van der Waals surface area contributed by atoms with Crippen molar-refractivity contribution in [1.29, 1.82) is 0 Å². The number of anilines is 2. The molecule has 3 aromatic heterocycles. The summed E-state index contributed by atoms with van der Waals surface area (Å²) in [4.78, 5) is 34.3. The van der Waals surface area contributed by atoms with E-state index in [1.54, 1.807) is 26.5 Å².